The first-order chi connectivity index (χ1) is 12.8. The van der Waals surface area contributed by atoms with Crippen LogP contribution in [0, 0.1) is 12.3 Å². The Morgan fingerprint density at radius 3 is 2.88 bits per heavy atom. The first-order valence-electron chi connectivity index (χ1n) is 8.20. The number of imidazole rings is 1. The van der Waals surface area contributed by atoms with Crippen LogP contribution >= 0.6 is 11.8 Å². The molecular formula is C19H16N6S. The molecule has 7 heteroatoms. The summed E-state index contributed by atoms with van der Waals surface area (Å²) >= 11 is 1.49. The minimum Gasteiger partial charge on any atom is -0.382 e. The number of aromatic nitrogens is 5. The molecule has 1 aromatic carbocycles. The van der Waals surface area contributed by atoms with E-state index in [0.717, 1.165) is 33.2 Å². The van der Waals surface area contributed by atoms with Gasteiger partial charge in [-0.1, -0.05) is 24.3 Å². The fourth-order valence-electron chi connectivity index (χ4n) is 2.75. The second kappa shape index (κ2) is 7.02. The average Bonchev–Trinajstić information content (AvgIpc) is 3.01. The van der Waals surface area contributed by atoms with Gasteiger partial charge in [0.2, 0.25) is 0 Å². The number of hydrogen-bond acceptors (Lipinski definition) is 6. The van der Waals surface area contributed by atoms with Crippen LogP contribution in [0.4, 0.5) is 5.82 Å². The van der Waals surface area contributed by atoms with E-state index in [0.29, 0.717) is 24.3 Å². The smallest absolute Gasteiger partial charge is 0.176 e. The number of terminal acetylenes is 1. The van der Waals surface area contributed by atoms with Gasteiger partial charge in [0.15, 0.2) is 22.1 Å². The number of nitrogens with zero attached hydrogens (tertiary/aromatic N) is 5. The number of aryl methyl sites for hydroxylation is 1. The quantitative estimate of drug-likeness (QED) is 0.433. The number of nitrogen functional groups attached to an aromatic ring is 1. The number of rotatable bonds is 5. The molecule has 0 spiro atoms. The van der Waals surface area contributed by atoms with Gasteiger partial charge in [-0.3, -0.25) is 0 Å². The molecule has 0 aliphatic rings. The Balaban J connectivity index is 1.75. The van der Waals surface area contributed by atoms with Gasteiger partial charge in [-0.05, 0) is 30.3 Å². The van der Waals surface area contributed by atoms with E-state index in [1.54, 1.807) is 0 Å². The normalized spacial score (nSPS) is 11.0. The van der Waals surface area contributed by atoms with Crippen molar-refractivity contribution in [2.24, 2.45) is 0 Å². The lowest BCUT2D eigenvalue weighted by Crippen LogP contribution is -2.02. The van der Waals surface area contributed by atoms with Gasteiger partial charge in [0.05, 0.1) is 5.52 Å². The number of pyridine rings is 1. The molecule has 4 aromatic rings. The summed E-state index contributed by atoms with van der Waals surface area (Å²) in [5.41, 5.74) is 8.26. The Hall–Kier alpha value is -3.11. The van der Waals surface area contributed by atoms with Crippen LogP contribution in [0.3, 0.4) is 0 Å². The number of unbranched alkanes of at least 4 members (excludes halogenated alkanes) is 1. The summed E-state index contributed by atoms with van der Waals surface area (Å²) in [7, 11) is 0. The Morgan fingerprint density at radius 2 is 2.00 bits per heavy atom. The molecule has 0 amide bonds. The van der Waals surface area contributed by atoms with E-state index in [9.17, 15) is 0 Å². The molecule has 128 valence electrons. The molecule has 3 heterocycles. The van der Waals surface area contributed by atoms with Crippen LogP contribution in [0.25, 0.3) is 22.1 Å². The first kappa shape index (κ1) is 16.4. The van der Waals surface area contributed by atoms with Crippen LogP contribution in [0.1, 0.15) is 12.8 Å². The van der Waals surface area contributed by atoms with Crippen LogP contribution in [-0.2, 0) is 6.54 Å². The van der Waals surface area contributed by atoms with Crippen molar-refractivity contribution >= 4 is 39.6 Å². The molecule has 0 fully saturated rings. The Labute approximate surface area is 154 Å². The molecule has 0 radical (unpaired) electrons. The van der Waals surface area contributed by atoms with E-state index < -0.39 is 0 Å². The van der Waals surface area contributed by atoms with Crippen molar-refractivity contribution in [2.45, 2.75) is 29.6 Å². The minimum atomic E-state index is 0.374. The summed E-state index contributed by atoms with van der Waals surface area (Å²) in [6.45, 7) is 0.715. The topological polar surface area (TPSA) is 82.5 Å². The van der Waals surface area contributed by atoms with Crippen molar-refractivity contribution in [3.05, 3.63) is 42.7 Å². The van der Waals surface area contributed by atoms with Crippen LogP contribution in [0.5, 0.6) is 0 Å². The summed E-state index contributed by atoms with van der Waals surface area (Å²) in [5.74, 6) is 3.04. The van der Waals surface area contributed by atoms with Crippen molar-refractivity contribution in [1.29, 1.82) is 0 Å². The van der Waals surface area contributed by atoms with E-state index in [1.807, 2.05) is 34.9 Å². The maximum absolute atomic E-state index is 5.98. The van der Waals surface area contributed by atoms with Crippen molar-refractivity contribution < 1.29 is 0 Å². The van der Waals surface area contributed by atoms with E-state index in [1.165, 1.54) is 18.1 Å². The van der Waals surface area contributed by atoms with Gasteiger partial charge >= 0.3 is 0 Å². The molecule has 0 aliphatic carbocycles. The molecule has 0 saturated heterocycles. The number of hydrogen-bond donors (Lipinski definition) is 1. The SMILES string of the molecule is C#CCCCn1c(Sc2ccc3ccccc3n2)nc2c(N)ncnc21. The predicted octanol–water partition coefficient (Wildman–Crippen LogP) is 3.52. The minimum absolute atomic E-state index is 0.374. The van der Waals surface area contributed by atoms with E-state index in [4.69, 9.17) is 17.1 Å². The molecule has 0 atom stereocenters. The predicted molar refractivity (Wildman–Crippen MR) is 104 cm³/mol. The van der Waals surface area contributed by atoms with Crippen LogP contribution in [-0.4, -0.2) is 24.5 Å². The van der Waals surface area contributed by atoms with Gasteiger partial charge < -0.3 is 10.3 Å². The highest BCUT2D eigenvalue weighted by atomic mass is 32.2. The maximum Gasteiger partial charge on any atom is 0.176 e. The van der Waals surface area contributed by atoms with Gasteiger partial charge in [-0.2, -0.15) is 0 Å². The fraction of sp³-hybridized carbons (Fsp3) is 0.158. The lowest BCUT2D eigenvalue weighted by molar-refractivity contribution is 0.615. The standard InChI is InChI=1S/C19H16N6S/c1-2-3-6-11-25-18-16(17(20)21-12-22-18)24-19(25)26-15-10-9-13-7-4-5-8-14(13)23-15/h1,4-5,7-10,12H,3,6,11H2,(H2,20,21,22). The molecule has 0 aliphatic heterocycles. The molecule has 0 bridgehead atoms. The third-order valence-electron chi connectivity index (χ3n) is 4.00. The maximum atomic E-state index is 5.98. The highest BCUT2D eigenvalue weighted by Crippen LogP contribution is 2.31. The number of anilines is 1. The summed E-state index contributed by atoms with van der Waals surface area (Å²) < 4.78 is 2.03. The summed E-state index contributed by atoms with van der Waals surface area (Å²) in [6, 6.07) is 12.1. The monoisotopic (exact) mass is 360 g/mol. The number of fused-ring (bicyclic) bond motifs is 2. The molecule has 6 nitrogen and oxygen atoms in total. The number of benzene rings is 1. The van der Waals surface area contributed by atoms with Crippen LogP contribution < -0.4 is 5.73 Å². The fourth-order valence-corrected chi connectivity index (χ4v) is 3.64. The van der Waals surface area contributed by atoms with Crippen LogP contribution in [0.2, 0.25) is 0 Å². The second-order valence-electron chi connectivity index (χ2n) is 5.73. The lowest BCUT2D eigenvalue weighted by Gasteiger charge is -2.07. The number of nitrogens with two attached hydrogens (primary N) is 1. The van der Waals surface area contributed by atoms with Crippen LogP contribution in [0.15, 0.2) is 52.9 Å². The highest BCUT2D eigenvalue weighted by Gasteiger charge is 2.16. The van der Waals surface area contributed by atoms with Crippen molar-refractivity contribution in [3.63, 3.8) is 0 Å². The molecule has 26 heavy (non-hydrogen) atoms. The molecule has 0 saturated carbocycles. The molecule has 4 rings (SSSR count). The Bertz CT molecular complexity index is 1130. The number of para-hydroxylation sites is 1. The zero-order chi connectivity index (χ0) is 17.9. The summed E-state index contributed by atoms with van der Waals surface area (Å²) in [5, 5.41) is 2.75. The first-order valence-corrected chi connectivity index (χ1v) is 9.02. The highest BCUT2D eigenvalue weighted by molar-refractivity contribution is 7.99. The Morgan fingerprint density at radius 1 is 1.12 bits per heavy atom. The van der Waals surface area contributed by atoms with E-state index in [2.05, 4.69) is 26.9 Å². The summed E-state index contributed by atoms with van der Waals surface area (Å²) in [6.07, 6.45) is 8.37. The van der Waals surface area contributed by atoms with Gasteiger partial charge in [-0.15, -0.1) is 12.3 Å². The zero-order valence-corrected chi connectivity index (χ0v) is 14.8. The molecular weight excluding hydrogens is 344 g/mol. The Kier molecular flexibility index (Phi) is 4.42. The molecule has 3 aromatic heterocycles. The lowest BCUT2D eigenvalue weighted by atomic mass is 10.2. The van der Waals surface area contributed by atoms with E-state index in [-0.39, 0.29) is 0 Å². The van der Waals surface area contributed by atoms with Gasteiger partial charge in [0.25, 0.3) is 0 Å². The molecule has 2 N–H and O–H groups in total. The average molecular weight is 360 g/mol. The third-order valence-corrected chi connectivity index (χ3v) is 4.93. The van der Waals surface area contributed by atoms with Gasteiger partial charge in [0.1, 0.15) is 11.4 Å². The van der Waals surface area contributed by atoms with Crippen molar-refractivity contribution in [1.82, 2.24) is 24.5 Å². The van der Waals surface area contributed by atoms with Crippen molar-refractivity contribution in [3.8, 4) is 12.3 Å². The zero-order valence-electron chi connectivity index (χ0n) is 14.0. The summed E-state index contributed by atoms with van der Waals surface area (Å²) in [4.78, 5) is 17.8. The van der Waals surface area contributed by atoms with Crippen molar-refractivity contribution in [2.75, 3.05) is 5.73 Å². The third kappa shape index (κ3) is 3.07. The second-order valence-corrected chi connectivity index (χ2v) is 6.72. The largest absolute Gasteiger partial charge is 0.382 e. The van der Waals surface area contributed by atoms with E-state index >= 15 is 0 Å². The van der Waals surface area contributed by atoms with Gasteiger partial charge in [-0.25, -0.2) is 19.9 Å². The van der Waals surface area contributed by atoms with Gasteiger partial charge in [0, 0.05) is 18.4 Å². The molecule has 0 unspecified atom stereocenters.